The molecule has 0 bridgehead atoms. The molecule has 0 amide bonds. The number of carbonyl (C=O) groups excluding carboxylic acids is 2. The van der Waals surface area contributed by atoms with Crippen molar-refractivity contribution in [3.8, 4) is 0 Å². The van der Waals surface area contributed by atoms with Crippen molar-refractivity contribution in [1.29, 1.82) is 0 Å². The fraction of sp³-hybridized carbons (Fsp3) is 0.714. The topological polar surface area (TPSA) is 86.7 Å². The monoisotopic (exact) mass is 276 g/mol. The third-order valence-corrected chi connectivity index (χ3v) is 3.06. The molecule has 0 aliphatic carbocycles. The highest BCUT2D eigenvalue weighted by Gasteiger charge is 2.61. The largest absolute Gasteiger partial charge is 0.462 e. The molecule has 0 spiro atoms. The normalized spacial score (nSPS) is 12.0. The van der Waals surface area contributed by atoms with Crippen LogP contribution in [0.4, 0.5) is 4.39 Å². The van der Waals surface area contributed by atoms with Gasteiger partial charge in [0.15, 0.2) is 0 Å². The van der Waals surface area contributed by atoms with Crippen LogP contribution in [-0.4, -0.2) is 38.6 Å². The molecule has 0 aromatic carbocycles. The van der Waals surface area contributed by atoms with E-state index in [0.29, 0.717) is 0 Å². The molecule has 0 aliphatic rings. The van der Waals surface area contributed by atoms with Crippen molar-refractivity contribution in [2.75, 3.05) is 13.2 Å². The second-order valence-corrected chi connectivity index (χ2v) is 5.13. The lowest BCUT2D eigenvalue weighted by molar-refractivity contribution is -0.166. The van der Waals surface area contributed by atoms with E-state index in [2.05, 4.69) is 9.47 Å². The van der Waals surface area contributed by atoms with E-state index in [1.165, 1.54) is 13.8 Å². The molecule has 0 aromatic rings. The summed E-state index contributed by atoms with van der Waals surface area (Å²) in [5.74, 6) is -3.83. The van der Waals surface area contributed by atoms with Crippen LogP contribution in [0.1, 0.15) is 13.8 Å². The molecule has 0 saturated carbocycles. The molecule has 0 radical (unpaired) electrons. The molecule has 16 heavy (non-hydrogen) atoms. The summed E-state index contributed by atoms with van der Waals surface area (Å²) in [7, 11) is -0.454. The smallest absolute Gasteiger partial charge is 0.414 e. The average Bonchev–Trinajstić information content (AvgIpc) is 2.15. The fourth-order valence-corrected chi connectivity index (χ4v) is 1.62. The Bertz CT molecular complexity index is 360. The fourth-order valence-electron chi connectivity index (χ4n) is 0.730. The predicted molar refractivity (Wildman–Crippen MR) is 51.9 cm³/mol. The summed E-state index contributed by atoms with van der Waals surface area (Å²) in [5.41, 5.74) is 0. The van der Waals surface area contributed by atoms with Crippen molar-refractivity contribution in [3.63, 3.8) is 0 Å². The highest BCUT2D eigenvalue weighted by Crippen LogP contribution is 2.27. The maximum Gasteiger partial charge on any atom is 0.414 e. The summed E-state index contributed by atoms with van der Waals surface area (Å²) < 4.78 is 43.8. The van der Waals surface area contributed by atoms with E-state index < -0.39 is 26.0 Å². The van der Waals surface area contributed by atoms with Crippen molar-refractivity contribution in [2.24, 2.45) is 0 Å². The molecule has 0 atom stereocenters. The predicted octanol–water partition coefficient (Wildman–Crippen LogP) is 0.347. The van der Waals surface area contributed by atoms with E-state index in [4.69, 9.17) is 10.7 Å². The van der Waals surface area contributed by atoms with Crippen molar-refractivity contribution in [2.45, 2.75) is 18.8 Å². The van der Waals surface area contributed by atoms with E-state index in [1.807, 2.05) is 0 Å². The van der Waals surface area contributed by atoms with Gasteiger partial charge in [-0.2, -0.15) is 4.39 Å². The van der Waals surface area contributed by atoms with Gasteiger partial charge in [-0.3, -0.25) is 0 Å². The van der Waals surface area contributed by atoms with E-state index in [1.54, 1.807) is 0 Å². The van der Waals surface area contributed by atoms with E-state index in [9.17, 15) is 22.4 Å². The first-order valence-corrected chi connectivity index (χ1v) is 6.50. The minimum Gasteiger partial charge on any atom is -0.462 e. The van der Waals surface area contributed by atoms with Crippen molar-refractivity contribution >= 4 is 31.7 Å². The number of halogens is 2. The lowest BCUT2D eigenvalue weighted by atomic mass is 10.4. The van der Waals surface area contributed by atoms with Gasteiger partial charge in [-0.15, -0.1) is 0 Å². The maximum atomic E-state index is 13.8. The Labute approximate surface area is 96.1 Å². The Morgan fingerprint density at radius 2 is 1.50 bits per heavy atom. The van der Waals surface area contributed by atoms with E-state index in [-0.39, 0.29) is 13.2 Å². The molecule has 0 heterocycles. The molecule has 0 unspecified atom stereocenters. The number of alkyl halides is 1. The lowest BCUT2D eigenvalue weighted by Crippen LogP contribution is -2.49. The third kappa shape index (κ3) is 2.82. The van der Waals surface area contributed by atoms with Crippen LogP contribution in [0.2, 0.25) is 0 Å². The molecular formula is C7H10ClFO6S. The number of esters is 2. The maximum absolute atomic E-state index is 13.8. The molecule has 0 aliphatic heterocycles. The minimum absolute atomic E-state index is 0.309. The summed E-state index contributed by atoms with van der Waals surface area (Å²) in [6.07, 6.45) is 0. The van der Waals surface area contributed by atoms with Crippen LogP contribution in [0.15, 0.2) is 0 Å². The number of ether oxygens (including phenoxy) is 2. The molecular weight excluding hydrogens is 267 g/mol. The zero-order valence-corrected chi connectivity index (χ0v) is 10.1. The van der Waals surface area contributed by atoms with Crippen LogP contribution < -0.4 is 0 Å². The first-order valence-electron chi connectivity index (χ1n) is 4.19. The zero-order chi connectivity index (χ0) is 13.0. The van der Waals surface area contributed by atoms with Crippen molar-refractivity contribution in [3.05, 3.63) is 0 Å². The Morgan fingerprint density at radius 3 is 1.69 bits per heavy atom. The molecule has 0 rings (SSSR count). The van der Waals surface area contributed by atoms with Gasteiger partial charge < -0.3 is 9.47 Å². The van der Waals surface area contributed by atoms with Gasteiger partial charge in [-0.05, 0) is 13.8 Å². The highest BCUT2D eigenvalue weighted by atomic mass is 35.7. The Morgan fingerprint density at radius 1 is 1.19 bits per heavy atom. The van der Waals surface area contributed by atoms with Crippen LogP contribution in [0.3, 0.4) is 0 Å². The summed E-state index contributed by atoms with van der Waals surface area (Å²) >= 11 is 0. The van der Waals surface area contributed by atoms with Gasteiger partial charge in [0.25, 0.3) is 9.05 Å². The van der Waals surface area contributed by atoms with Crippen LogP contribution in [0.5, 0.6) is 0 Å². The van der Waals surface area contributed by atoms with Crippen LogP contribution in [-0.2, 0) is 28.1 Å². The van der Waals surface area contributed by atoms with Gasteiger partial charge >= 0.3 is 16.9 Å². The SMILES string of the molecule is CCOC(=O)C(F)(C(=O)OCC)S(=O)(=O)Cl. The van der Waals surface area contributed by atoms with Crippen molar-refractivity contribution < 1.29 is 31.9 Å². The summed E-state index contributed by atoms with van der Waals surface area (Å²) in [6.45, 7) is 2.00. The second-order valence-electron chi connectivity index (χ2n) is 2.47. The van der Waals surface area contributed by atoms with Crippen molar-refractivity contribution in [1.82, 2.24) is 0 Å². The van der Waals surface area contributed by atoms with E-state index in [0.717, 1.165) is 0 Å². The molecule has 9 heteroatoms. The highest BCUT2D eigenvalue weighted by molar-refractivity contribution is 8.15. The number of hydrogen-bond donors (Lipinski definition) is 0. The summed E-state index contributed by atoms with van der Waals surface area (Å²) in [4.78, 5) is 22.1. The second kappa shape index (κ2) is 5.44. The number of hydrogen-bond acceptors (Lipinski definition) is 6. The molecule has 94 valence electrons. The van der Waals surface area contributed by atoms with Gasteiger partial charge in [-0.25, -0.2) is 18.0 Å². The molecule has 0 fully saturated rings. The number of rotatable bonds is 5. The van der Waals surface area contributed by atoms with Crippen LogP contribution in [0.25, 0.3) is 0 Å². The third-order valence-electron chi connectivity index (χ3n) is 1.41. The molecule has 0 aromatic heterocycles. The van der Waals surface area contributed by atoms with Gasteiger partial charge in [-0.1, -0.05) is 0 Å². The standard InChI is InChI=1S/C7H10ClFO6S/c1-3-14-5(10)7(9,16(8,12)13)6(11)15-4-2/h3-4H2,1-2H3. The lowest BCUT2D eigenvalue weighted by Gasteiger charge is -2.17. The number of carbonyl (C=O) groups is 2. The van der Waals surface area contributed by atoms with Crippen LogP contribution in [0, 0.1) is 0 Å². The van der Waals surface area contributed by atoms with Gasteiger partial charge in [0, 0.05) is 10.7 Å². The minimum atomic E-state index is -5.15. The first kappa shape index (κ1) is 15.1. The first-order chi connectivity index (χ1) is 7.21. The molecule has 0 saturated heterocycles. The quantitative estimate of drug-likeness (QED) is 0.409. The Kier molecular flexibility index (Phi) is 5.14. The van der Waals surface area contributed by atoms with Gasteiger partial charge in [0.1, 0.15) is 0 Å². The van der Waals surface area contributed by atoms with E-state index >= 15 is 0 Å². The Hall–Kier alpha value is -0.890. The zero-order valence-electron chi connectivity index (χ0n) is 8.53. The molecule has 0 N–H and O–H groups in total. The van der Waals surface area contributed by atoms with Gasteiger partial charge in [0.05, 0.1) is 13.2 Å². The summed E-state index contributed by atoms with van der Waals surface area (Å²) in [6, 6.07) is 0. The molecule has 6 nitrogen and oxygen atoms in total. The Balaban J connectivity index is 5.38. The van der Waals surface area contributed by atoms with Crippen LogP contribution >= 0.6 is 10.7 Å². The average molecular weight is 277 g/mol. The van der Waals surface area contributed by atoms with Gasteiger partial charge in [0.2, 0.25) is 0 Å². The summed E-state index contributed by atoms with van der Waals surface area (Å²) in [5, 5.41) is -4.03.